The van der Waals surface area contributed by atoms with Crippen molar-refractivity contribution in [2.45, 2.75) is 37.5 Å². The predicted octanol–water partition coefficient (Wildman–Crippen LogP) is 7.30. The van der Waals surface area contributed by atoms with Gasteiger partial charge in [-0.1, -0.05) is 24.3 Å². The first kappa shape index (κ1) is 26.2. The molecule has 2 heterocycles. The second kappa shape index (κ2) is 11.9. The molecule has 0 N–H and O–H groups in total. The fourth-order valence-electron chi connectivity index (χ4n) is 2.82. The molecule has 0 aliphatic rings. The van der Waals surface area contributed by atoms with E-state index in [1.54, 1.807) is 43.5 Å². The lowest BCUT2D eigenvalue weighted by molar-refractivity contribution is 0.0600. The van der Waals surface area contributed by atoms with Gasteiger partial charge in [-0.3, -0.25) is 0 Å². The summed E-state index contributed by atoms with van der Waals surface area (Å²) >= 11 is 7.49. The van der Waals surface area contributed by atoms with E-state index >= 15 is 0 Å². The van der Waals surface area contributed by atoms with E-state index in [1.165, 1.54) is 24.9 Å². The van der Waals surface area contributed by atoms with E-state index in [1.807, 2.05) is 13.8 Å². The molecule has 6 nitrogen and oxygen atoms in total. The summed E-state index contributed by atoms with van der Waals surface area (Å²) in [6.45, 7) is 9.11. The van der Waals surface area contributed by atoms with Crippen LogP contribution in [0.5, 0.6) is 5.75 Å². The number of rotatable bonds is 9. The smallest absolute Gasteiger partial charge is 0.337 e. The van der Waals surface area contributed by atoms with Crippen molar-refractivity contribution in [2.75, 3.05) is 7.11 Å². The fraction of sp³-hybridized carbons (Fsp3) is 0.192. The van der Waals surface area contributed by atoms with Gasteiger partial charge < -0.3 is 13.9 Å². The van der Waals surface area contributed by atoms with E-state index in [0.29, 0.717) is 38.6 Å². The van der Waals surface area contributed by atoms with Crippen LogP contribution in [0.15, 0.2) is 75.6 Å². The zero-order valence-corrected chi connectivity index (χ0v) is 21.3. The van der Waals surface area contributed by atoms with E-state index in [4.69, 9.17) is 25.5 Å². The van der Waals surface area contributed by atoms with Crippen LogP contribution in [0, 0.1) is 13.8 Å². The number of ether oxygens (including phenoxy) is 2. The lowest BCUT2D eigenvalue weighted by Crippen LogP contribution is -2.01. The average Bonchev–Trinajstić information content (AvgIpc) is 3.28. The van der Waals surface area contributed by atoms with Crippen molar-refractivity contribution in [1.82, 2.24) is 9.97 Å². The number of carbonyl (C=O) groups is 1. The maximum absolute atomic E-state index is 13.5. The Kier molecular flexibility index (Phi) is 8.89. The van der Waals surface area contributed by atoms with Gasteiger partial charge in [-0.25, -0.2) is 19.2 Å². The largest absolute Gasteiger partial charge is 0.487 e. The van der Waals surface area contributed by atoms with Crippen molar-refractivity contribution in [2.24, 2.45) is 0 Å². The van der Waals surface area contributed by atoms with Crippen LogP contribution >= 0.6 is 23.4 Å². The van der Waals surface area contributed by atoms with Gasteiger partial charge in [0.1, 0.15) is 28.9 Å². The third kappa shape index (κ3) is 6.61. The highest BCUT2D eigenvalue weighted by atomic mass is 35.5. The Hall–Kier alpha value is -3.36. The van der Waals surface area contributed by atoms with Gasteiger partial charge in [0.2, 0.25) is 5.89 Å². The summed E-state index contributed by atoms with van der Waals surface area (Å²) < 4.78 is 30.1. The molecule has 182 valence electrons. The third-order valence-electron chi connectivity index (χ3n) is 5.06. The molecule has 9 heteroatoms. The minimum atomic E-state index is -0.471. The van der Waals surface area contributed by atoms with Crippen LogP contribution in [0.3, 0.4) is 0 Å². The van der Waals surface area contributed by atoms with Gasteiger partial charge in [-0.15, -0.1) is 0 Å². The van der Waals surface area contributed by atoms with Crippen molar-refractivity contribution in [3.8, 4) is 5.75 Å². The highest BCUT2D eigenvalue weighted by molar-refractivity contribution is 7.99. The molecule has 0 aliphatic heterocycles. The Labute approximate surface area is 212 Å². The summed E-state index contributed by atoms with van der Waals surface area (Å²) in [5, 5.41) is 1.79. The van der Waals surface area contributed by atoms with Crippen LogP contribution in [-0.2, 0) is 11.3 Å². The van der Waals surface area contributed by atoms with Gasteiger partial charge in [0.15, 0.2) is 5.09 Å². The van der Waals surface area contributed by atoms with Gasteiger partial charge in [0.05, 0.1) is 17.7 Å². The molecule has 0 fully saturated rings. The molecular weight excluding hydrogens is 491 g/mol. The lowest BCUT2D eigenvalue weighted by Gasteiger charge is -2.09. The molecule has 0 atom stereocenters. The van der Waals surface area contributed by atoms with Crippen LogP contribution in [0.1, 0.15) is 40.0 Å². The molecular formula is C26H24ClFN2O4S. The molecule has 2 aromatic heterocycles. The first-order chi connectivity index (χ1) is 16.7. The zero-order valence-electron chi connectivity index (χ0n) is 19.7. The second-order valence-corrected chi connectivity index (χ2v) is 8.80. The maximum atomic E-state index is 13.5. The standard InChI is InChI=1S/C26H24ClFN2O4S/c1-6-19(28)10-7-15(2)23-30-22(14-33-20-11-8-18(9-12-20)25(31)32-5)26(34-23)35-24-17(4)16(3)21(27)13-29-24/h6-13H,1,14H2,2-5H3/b15-7+,19-10+. The number of allylic oxidation sites excluding steroid dienone is 5. The first-order valence-electron chi connectivity index (χ1n) is 10.5. The number of methoxy groups -OCH3 is 1. The van der Waals surface area contributed by atoms with E-state index in [0.717, 1.165) is 22.2 Å². The van der Waals surface area contributed by atoms with Gasteiger partial charge in [0.25, 0.3) is 0 Å². The van der Waals surface area contributed by atoms with Gasteiger partial charge in [0, 0.05) is 11.8 Å². The minimum absolute atomic E-state index is 0.0964. The summed E-state index contributed by atoms with van der Waals surface area (Å²) in [6, 6.07) is 6.56. The number of aromatic nitrogens is 2. The van der Waals surface area contributed by atoms with Crippen molar-refractivity contribution in [3.05, 3.63) is 94.4 Å². The van der Waals surface area contributed by atoms with Crippen molar-refractivity contribution in [1.29, 1.82) is 0 Å². The maximum Gasteiger partial charge on any atom is 0.337 e. The normalized spacial score (nSPS) is 11.9. The van der Waals surface area contributed by atoms with Crippen LogP contribution < -0.4 is 4.74 Å². The van der Waals surface area contributed by atoms with Gasteiger partial charge in [-0.2, -0.15) is 0 Å². The molecule has 0 saturated heterocycles. The van der Waals surface area contributed by atoms with Crippen LogP contribution in [0.2, 0.25) is 5.02 Å². The number of benzene rings is 1. The number of halogens is 2. The molecule has 0 bridgehead atoms. The Morgan fingerprint density at radius 3 is 2.60 bits per heavy atom. The van der Waals surface area contributed by atoms with Crippen LogP contribution in [-0.4, -0.2) is 23.0 Å². The summed E-state index contributed by atoms with van der Waals surface area (Å²) in [5.41, 5.74) is 3.42. The summed E-state index contributed by atoms with van der Waals surface area (Å²) in [4.78, 5) is 20.6. The highest BCUT2D eigenvalue weighted by Gasteiger charge is 2.19. The number of hydrogen-bond acceptors (Lipinski definition) is 7. The third-order valence-corrected chi connectivity index (χ3v) is 6.55. The topological polar surface area (TPSA) is 74.5 Å². The molecule has 3 aromatic rings. The summed E-state index contributed by atoms with van der Waals surface area (Å²) in [5.74, 6) is -0.0377. The second-order valence-electron chi connectivity index (χ2n) is 7.43. The predicted molar refractivity (Wildman–Crippen MR) is 134 cm³/mol. The minimum Gasteiger partial charge on any atom is -0.487 e. The van der Waals surface area contributed by atoms with E-state index < -0.39 is 11.8 Å². The molecule has 0 amide bonds. The highest BCUT2D eigenvalue weighted by Crippen LogP contribution is 2.36. The van der Waals surface area contributed by atoms with E-state index in [9.17, 15) is 9.18 Å². The molecule has 3 rings (SSSR count). The summed E-state index contributed by atoms with van der Waals surface area (Å²) in [7, 11) is 1.32. The van der Waals surface area contributed by atoms with Crippen molar-refractivity contribution >= 4 is 34.9 Å². The quantitative estimate of drug-likeness (QED) is 0.219. The van der Waals surface area contributed by atoms with Crippen molar-refractivity contribution in [3.63, 3.8) is 0 Å². The fourth-order valence-corrected chi connectivity index (χ4v) is 3.94. The molecule has 0 unspecified atom stereocenters. The zero-order chi connectivity index (χ0) is 25.5. The molecule has 0 spiro atoms. The lowest BCUT2D eigenvalue weighted by atomic mass is 10.2. The Morgan fingerprint density at radius 1 is 1.23 bits per heavy atom. The number of pyridine rings is 1. The Balaban J connectivity index is 1.90. The van der Waals surface area contributed by atoms with Crippen LogP contribution in [0.4, 0.5) is 4.39 Å². The number of carbonyl (C=O) groups excluding carboxylic acids is 1. The monoisotopic (exact) mass is 514 g/mol. The molecule has 0 saturated carbocycles. The number of nitrogens with zero attached hydrogens (tertiary/aromatic N) is 2. The van der Waals surface area contributed by atoms with Gasteiger partial charge in [-0.05, 0) is 80.1 Å². The SMILES string of the molecule is C=C/C(F)=C\C=C(/C)c1nc(COc2ccc(C(=O)OC)cc2)c(Sc2ncc(Cl)c(C)c2C)o1. The van der Waals surface area contributed by atoms with Gasteiger partial charge >= 0.3 is 5.97 Å². The first-order valence-corrected chi connectivity index (χ1v) is 11.7. The van der Waals surface area contributed by atoms with Crippen molar-refractivity contribution < 1.29 is 23.1 Å². The Bertz CT molecular complexity index is 1300. The Morgan fingerprint density at radius 2 is 1.94 bits per heavy atom. The van der Waals surface area contributed by atoms with E-state index in [-0.39, 0.29) is 6.61 Å². The number of esters is 1. The molecule has 0 aliphatic carbocycles. The average molecular weight is 515 g/mol. The van der Waals surface area contributed by atoms with Crippen LogP contribution in [0.25, 0.3) is 5.57 Å². The van der Waals surface area contributed by atoms with E-state index in [2.05, 4.69) is 16.5 Å². The number of oxazole rings is 1. The number of hydrogen-bond donors (Lipinski definition) is 0. The molecule has 35 heavy (non-hydrogen) atoms. The summed E-state index contributed by atoms with van der Waals surface area (Å²) in [6.07, 6.45) is 5.55. The molecule has 0 radical (unpaired) electrons. The molecule has 1 aromatic carbocycles.